The molecule has 10 heteroatoms. The number of sulfonamides is 1. The molecule has 0 saturated carbocycles. The van der Waals surface area contributed by atoms with E-state index in [1.165, 1.54) is 24.1 Å². The van der Waals surface area contributed by atoms with E-state index in [0.29, 0.717) is 21.3 Å². The van der Waals surface area contributed by atoms with Crippen molar-refractivity contribution in [3.63, 3.8) is 0 Å². The van der Waals surface area contributed by atoms with Gasteiger partial charge in [0.2, 0.25) is 11.8 Å². The van der Waals surface area contributed by atoms with E-state index >= 15 is 0 Å². The lowest BCUT2D eigenvalue weighted by molar-refractivity contribution is -0.139. The SMILES string of the molecule is CNC(=O)[C@@H](C)N(Cc1ccc(Cl)c(Cl)c1)C(=O)CN(c1ccc(C(C)C)cc1)S(=O)(=O)c1ccccc1. The summed E-state index contributed by atoms with van der Waals surface area (Å²) >= 11 is 12.2. The Balaban J connectivity index is 2.04. The molecule has 0 aliphatic heterocycles. The molecule has 0 fully saturated rings. The van der Waals surface area contributed by atoms with Gasteiger partial charge in [0.05, 0.1) is 20.6 Å². The van der Waals surface area contributed by atoms with Crippen molar-refractivity contribution in [3.8, 4) is 0 Å². The predicted octanol–water partition coefficient (Wildman–Crippen LogP) is 5.48. The minimum absolute atomic E-state index is 0.0236. The Bertz CT molecular complexity index is 1380. The fourth-order valence-electron chi connectivity index (χ4n) is 3.90. The van der Waals surface area contributed by atoms with Gasteiger partial charge in [0, 0.05) is 13.6 Å². The maximum Gasteiger partial charge on any atom is 0.264 e. The summed E-state index contributed by atoms with van der Waals surface area (Å²) in [6.45, 7) is 5.18. The van der Waals surface area contributed by atoms with Crippen LogP contribution in [0.1, 0.15) is 37.8 Å². The first-order chi connectivity index (χ1) is 17.9. The number of hydrogen-bond donors (Lipinski definition) is 1. The highest BCUT2D eigenvalue weighted by atomic mass is 35.5. The van der Waals surface area contributed by atoms with E-state index in [4.69, 9.17) is 23.2 Å². The average molecular weight is 577 g/mol. The molecule has 1 N–H and O–H groups in total. The van der Waals surface area contributed by atoms with Crippen molar-refractivity contribution >= 4 is 50.7 Å². The highest BCUT2D eigenvalue weighted by Gasteiger charge is 2.32. The molecule has 202 valence electrons. The van der Waals surface area contributed by atoms with E-state index < -0.39 is 34.4 Å². The zero-order valence-corrected chi connectivity index (χ0v) is 24.0. The zero-order valence-electron chi connectivity index (χ0n) is 21.7. The molecule has 3 aromatic carbocycles. The summed E-state index contributed by atoms with van der Waals surface area (Å²) in [5, 5.41) is 3.22. The van der Waals surface area contributed by atoms with Gasteiger partial charge in [-0.3, -0.25) is 13.9 Å². The fraction of sp³-hybridized carbons (Fsp3) is 0.286. The number of rotatable bonds is 10. The van der Waals surface area contributed by atoms with Crippen LogP contribution in [0.4, 0.5) is 5.69 Å². The minimum Gasteiger partial charge on any atom is -0.357 e. The second kappa shape index (κ2) is 12.7. The number of carbonyl (C=O) groups excluding carboxylic acids is 2. The maximum absolute atomic E-state index is 13.8. The summed E-state index contributed by atoms with van der Waals surface area (Å²) in [6.07, 6.45) is 0. The number of likely N-dealkylation sites (N-methyl/N-ethyl adjacent to an activating group) is 1. The largest absolute Gasteiger partial charge is 0.357 e. The molecule has 0 saturated heterocycles. The molecular weight excluding hydrogens is 545 g/mol. The molecule has 3 rings (SSSR count). The lowest BCUT2D eigenvalue weighted by Gasteiger charge is -2.32. The molecule has 2 amide bonds. The highest BCUT2D eigenvalue weighted by molar-refractivity contribution is 7.92. The summed E-state index contributed by atoms with van der Waals surface area (Å²) in [7, 11) is -2.63. The summed E-state index contributed by atoms with van der Waals surface area (Å²) < 4.78 is 28.6. The van der Waals surface area contributed by atoms with Gasteiger partial charge in [0.25, 0.3) is 10.0 Å². The number of benzene rings is 3. The molecule has 0 radical (unpaired) electrons. The predicted molar refractivity (Wildman–Crippen MR) is 152 cm³/mol. The van der Waals surface area contributed by atoms with Crippen molar-refractivity contribution in [3.05, 3.63) is 94.0 Å². The monoisotopic (exact) mass is 575 g/mol. The molecule has 0 aromatic heterocycles. The zero-order chi connectivity index (χ0) is 28.0. The van der Waals surface area contributed by atoms with Gasteiger partial charge in [0.15, 0.2) is 0 Å². The van der Waals surface area contributed by atoms with Crippen molar-refractivity contribution in [2.45, 2.75) is 44.2 Å². The molecule has 7 nitrogen and oxygen atoms in total. The Kier molecular flexibility index (Phi) is 9.82. The summed E-state index contributed by atoms with van der Waals surface area (Å²) in [4.78, 5) is 27.7. The average Bonchev–Trinajstić information content (AvgIpc) is 2.91. The third-order valence-electron chi connectivity index (χ3n) is 6.21. The third-order valence-corrected chi connectivity index (χ3v) is 8.74. The normalized spacial score (nSPS) is 12.2. The van der Waals surface area contributed by atoms with Crippen LogP contribution in [0.15, 0.2) is 77.7 Å². The second-order valence-electron chi connectivity index (χ2n) is 9.13. The van der Waals surface area contributed by atoms with Crippen LogP contribution >= 0.6 is 23.2 Å². The summed E-state index contributed by atoms with van der Waals surface area (Å²) in [5.74, 6) is -0.697. The molecular formula is C28H31Cl2N3O4S. The van der Waals surface area contributed by atoms with E-state index in [1.807, 2.05) is 26.0 Å². The number of hydrogen-bond acceptors (Lipinski definition) is 4. The van der Waals surface area contributed by atoms with E-state index in [9.17, 15) is 18.0 Å². The quantitative estimate of drug-likeness (QED) is 0.347. The lowest BCUT2D eigenvalue weighted by atomic mass is 10.0. The van der Waals surface area contributed by atoms with Gasteiger partial charge < -0.3 is 10.2 Å². The van der Waals surface area contributed by atoms with Gasteiger partial charge in [0.1, 0.15) is 12.6 Å². The van der Waals surface area contributed by atoms with Crippen molar-refractivity contribution in [2.75, 3.05) is 17.9 Å². The maximum atomic E-state index is 13.8. The number of nitrogens with zero attached hydrogens (tertiary/aromatic N) is 2. The molecule has 0 unspecified atom stereocenters. The lowest BCUT2D eigenvalue weighted by Crippen LogP contribution is -2.50. The van der Waals surface area contributed by atoms with Crippen LogP contribution < -0.4 is 9.62 Å². The molecule has 3 aromatic rings. The fourth-order valence-corrected chi connectivity index (χ4v) is 5.66. The Morgan fingerprint density at radius 2 is 1.53 bits per heavy atom. The third kappa shape index (κ3) is 6.87. The summed E-state index contributed by atoms with van der Waals surface area (Å²) in [5.41, 5.74) is 2.02. The smallest absolute Gasteiger partial charge is 0.264 e. The van der Waals surface area contributed by atoms with E-state index in [-0.39, 0.29) is 17.4 Å². The molecule has 38 heavy (non-hydrogen) atoms. The molecule has 0 bridgehead atoms. The van der Waals surface area contributed by atoms with Crippen molar-refractivity contribution in [1.29, 1.82) is 0 Å². The topological polar surface area (TPSA) is 86.8 Å². The van der Waals surface area contributed by atoms with Gasteiger partial charge in [-0.05, 0) is 60.4 Å². The number of halogens is 2. The first-order valence-electron chi connectivity index (χ1n) is 12.1. The molecule has 0 spiro atoms. The van der Waals surface area contributed by atoms with Gasteiger partial charge in [-0.2, -0.15) is 0 Å². The Labute approximate surface area is 234 Å². The van der Waals surface area contributed by atoms with Gasteiger partial charge >= 0.3 is 0 Å². The molecule has 1 atom stereocenters. The van der Waals surface area contributed by atoms with Crippen LogP contribution in [0.2, 0.25) is 10.0 Å². The Morgan fingerprint density at radius 3 is 2.08 bits per heavy atom. The van der Waals surface area contributed by atoms with E-state index in [1.54, 1.807) is 55.5 Å². The number of carbonyl (C=O) groups is 2. The van der Waals surface area contributed by atoms with Crippen LogP contribution in [-0.2, 0) is 26.2 Å². The number of amides is 2. The first kappa shape index (κ1) is 29.5. The van der Waals surface area contributed by atoms with Crippen molar-refractivity contribution < 1.29 is 18.0 Å². The van der Waals surface area contributed by atoms with Gasteiger partial charge in [-0.15, -0.1) is 0 Å². The first-order valence-corrected chi connectivity index (χ1v) is 14.3. The van der Waals surface area contributed by atoms with Crippen LogP contribution in [0.3, 0.4) is 0 Å². The van der Waals surface area contributed by atoms with Crippen LogP contribution in [0, 0.1) is 0 Å². The summed E-state index contributed by atoms with van der Waals surface area (Å²) in [6, 6.07) is 19.0. The second-order valence-corrected chi connectivity index (χ2v) is 11.8. The van der Waals surface area contributed by atoms with Crippen LogP contribution in [0.5, 0.6) is 0 Å². The van der Waals surface area contributed by atoms with Crippen LogP contribution in [-0.4, -0.2) is 44.8 Å². The van der Waals surface area contributed by atoms with E-state index in [2.05, 4.69) is 5.32 Å². The number of nitrogens with one attached hydrogen (secondary N) is 1. The van der Waals surface area contributed by atoms with Crippen LogP contribution in [0.25, 0.3) is 0 Å². The Hall–Kier alpha value is -3.07. The minimum atomic E-state index is -4.11. The molecule has 0 aliphatic rings. The highest BCUT2D eigenvalue weighted by Crippen LogP contribution is 2.27. The standard InChI is InChI=1S/C28H31Cl2N3O4S/c1-19(2)22-11-13-23(14-12-22)33(38(36,37)24-8-6-5-7-9-24)18-27(34)32(20(3)28(35)31-4)17-21-10-15-25(29)26(30)16-21/h5-16,19-20H,17-18H2,1-4H3,(H,31,35)/t20-/m1/s1. The van der Waals surface area contributed by atoms with Gasteiger partial charge in [-0.25, -0.2) is 8.42 Å². The van der Waals surface area contributed by atoms with Crippen molar-refractivity contribution in [1.82, 2.24) is 10.2 Å². The van der Waals surface area contributed by atoms with Crippen molar-refractivity contribution in [2.24, 2.45) is 0 Å². The number of anilines is 1. The van der Waals surface area contributed by atoms with Gasteiger partial charge in [-0.1, -0.05) is 73.4 Å². The van der Waals surface area contributed by atoms with E-state index in [0.717, 1.165) is 9.87 Å². The Morgan fingerprint density at radius 1 is 0.895 bits per heavy atom. The molecule has 0 aliphatic carbocycles. The molecule has 0 heterocycles.